The number of hydrogen-bond acceptors (Lipinski definition) is 2. The summed E-state index contributed by atoms with van der Waals surface area (Å²) in [5, 5.41) is 4.28. The average molecular weight is 281 g/mol. The standard InChI is InChI=1S/C16H25ClN2/c1-4-18-12(2)14-8-9-16(15(17)10-14)19(3)11-13-6-5-7-13/h8-10,12-13,18H,4-7,11H2,1-3H3. The van der Waals surface area contributed by atoms with Gasteiger partial charge in [-0.25, -0.2) is 0 Å². The molecule has 0 radical (unpaired) electrons. The van der Waals surface area contributed by atoms with Crippen LogP contribution < -0.4 is 10.2 Å². The molecule has 0 heterocycles. The van der Waals surface area contributed by atoms with Gasteiger partial charge in [0.15, 0.2) is 0 Å². The van der Waals surface area contributed by atoms with Gasteiger partial charge in [0.2, 0.25) is 0 Å². The molecule has 1 atom stereocenters. The third-order valence-electron chi connectivity index (χ3n) is 4.15. The van der Waals surface area contributed by atoms with Crippen LogP contribution in [0.3, 0.4) is 0 Å². The molecule has 2 nitrogen and oxygen atoms in total. The lowest BCUT2D eigenvalue weighted by molar-refractivity contribution is 0.321. The van der Waals surface area contributed by atoms with E-state index in [1.165, 1.54) is 24.8 Å². The van der Waals surface area contributed by atoms with Crippen LogP contribution in [0, 0.1) is 5.92 Å². The van der Waals surface area contributed by atoms with Crippen molar-refractivity contribution in [2.45, 2.75) is 39.2 Å². The van der Waals surface area contributed by atoms with Crippen molar-refractivity contribution in [2.75, 3.05) is 25.0 Å². The van der Waals surface area contributed by atoms with Crippen LogP contribution in [0.1, 0.15) is 44.7 Å². The third-order valence-corrected chi connectivity index (χ3v) is 4.45. The molecule has 1 fully saturated rings. The second kappa shape index (κ2) is 6.62. The van der Waals surface area contributed by atoms with Crippen molar-refractivity contribution in [1.82, 2.24) is 5.32 Å². The van der Waals surface area contributed by atoms with E-state index >= 15 is 0 Å². The maximum atomic E-state index is 6.44. The first-order valence-corrected chi connectivity index (χ1v) is 7.73. The molecule has 0 bridgehead atoms. The maximum Gasteiger partial charge on any atom is 0.0642 e. The Morgan fingerprint density at radius 2 is 2.16 bits per heavy atom. The van der Waals surface area contributed by atoms with E-state index in [0.29, 0.717) is 6.04 Å². The SMILES string of the molecule is CCNC(C)c1ccc(N(C)CC2CCC2)c(Cl)c1. The zero-order chi connectivity index (χ0) is 13.8. The van der Waals surface area contributed by atoms with Gasteiger partial charge >= 0.3 is 0 Å². The molecule has 1 saturated carbocycles. The summed E-state index contributed by atoms with van der Waals surface area (Å²) in [7, 11) is 2.15. The molecule has 3 heteroatoms. The molecule has 1 aliphatic carbocycles. The number of nitrogens with zero attached hydrogens (tertiary/aromatic N) is 1. The van der Waals surface area contributed by atoms with Gasteiger partial charge in [0, 0.05) is 19.6 Å². The van der Waals surface area contributed by atoms with Gasteiger partial charge in [0.05, 0.1) is 10.7 Å². The number of rotatable bonds is 6. The minimum absolute atomic E-state index is 0.355. The van der Waals surface area contributed by atoms with E-state index in [0.717, 1.165) is 29.7 Å². The molecule has 0 saturated heterocycles. The molecular weight excluding hydrogens is 256 g/mol. The summed E-state index contributed by atoms with van der Waals surface area (Å²) in [4.78, 5) is 2.30. The molecule has 2 rings (SSSR count). The van der Waals surface area contributed by atoms with Crippen molar-refractivity contribution >= 4 is 17.3 Å². The zero-order valence-corrected chi connectivity index (χ0v) is 13.0. The molecular formula is C16H25ClN2. The Morgan fingerprint density at radius 1 is 1.42 bits per heavy atom. The summed E-state index contributed by atoms with van der Waals surface area (Å²) in [5.74, 6) is 0.862. The highest BCUT2D eigenvalue weighted by Crippen LogP contribution is 2.32. The maximum absolute atomic E-state index is 6.44. The fraction of sp³-hybridized carbons (Fsp3) is 0.625. The number of benzene rings is 1. The van der Waals surface area contributed by atoms with Gasteiger partial charge in [0.1, 0.15) is 0 Å². The van der Waals surface area contributed by atoms with Crippen LogP contribution in [-0.2, 0) is 0 Å². The average Bonchev–Trinajstić information content (AvgIpc) is 2.33. The highest BCUT2D eigenvalue weighted by atomic mass is 35.5. The highest BCUT2D eigenvalue weighted by molar-refractivity contribution is 6.33. The summed E-state index contributed by atoms with van der Waals surface area (Å²) in [6.45, 7) is 6.40. The summed E-state index contributed by atoms with van der Waals surface area (Å²) in [6.07, 6.45) is 4.14. The Balaban J connectivity index is 2.05. The summed E-state index contributed by atoms with van der Waals surface area (Å²) in [5.41, 5.74) is 2.41. The van der Waals surface area contributed by atoms with Crippen molar-refractivity contribution in [3.05, 3.63) is 28.8 Å². The minimum Gasteiger partial charge on any atom is -0.373 e. The van der Waals surface area contributed by atoms with Crippen LogP contribution in [0.2, 0.25) is 5.02 Å². The number of anilines is 1. The van der Waals surface area contributed by atoms with Crippen LogP contribution in [-0.4, -0.2) is 20.1 Å². The lowest BCUT2D eigenvalue weighted by Crippen LogP contribution is -2.29. The predicted octanol–water partition coefficient (Wildman–Crippen LogP) is 4.25. The van der Waals surface area contributed by atoms with E-state index in [9.17, 15) is 0 Å². The van der Waals surface area contributed by atoms with Crippen molar-refractivity contribution in [3.63, 3.8) is 0 Å². The van der Waals surface area contributed by atoms with Gasteiger partial charge in [-0.1, -0.05) is 31.0 Å². The topological polar surface area (TPSA) is 15.3 Å². The van der Waals surface area contributed by atoms with Crippen LogP contribution in [0.4, 0.5) is 5.69 Å². The van der Waals surface area contributed by atoms with E-state index in [1.54, 1.807) is 0 Å². The molecule has 0 spiro atoms. The van der Waals surface area contributed by atoms with E-state index in [4.69, 9.17) is 11.6 Å². The largest absolute Gasteiger partial charge is 0.373 e. The normalized spacial score (nSPS) is 17.1. The molecule has 19 heavy (non-hydrogen) atoms. The molecule has 1 unspecified atom stereocenters. The second-order valence-corrected chi connectivity index (χ2v) is 6.07. The first kappa shape index (κ1) is 14.7. The Bertz CT molecular complexity index is 415. The van der Waals surface area contributed by atoms with Crippen molar-refractivity contribution in [2.24, 2.45) is 5.92 Å². The van der Waals surface area contributed by atoms with Gasteiger partial charge in [0.25, 0.3) is 0 Å². The summed E-state index contributed by atoms with van der Waals surface area (Å²) in [6, 6.07) is 6.80. The fourth-order valence-corrected chi connectivity index (χ4v) is 3.02. The van der Waals surface area contributed by atoms with Gasteiger partial charge in [-0.15, -0.1) is 0 Å². The molecule has 1 aliphatic rings. The summed E-state index contributed by atoms with van der Waals surface area (Å²) >= 11 is 6.44. The highest BCUT2D eigenvalue weighted by Gasteiger charge is 2.20. The summed E-state index contributed by atoms with van der Waals surface area (Å²) < 4.78 is 0. The van der Waals surface area contributed by atoms with E-state index < -0.39 is 0 Å². The third kappa shape index (κ3) is 3.64. The van der Waals surface area contributed by atoms with Crippen LogP contribution in [0.15, 0.2) is 18.2 Å². The van der Waals surface area contributed by atoms with Gasteiger partial charge in [-0.05, 0) is 49.9 Å². The molecule has 0 aromatic heterocycles. The monoisotopic (exact) mass is 280 g/mol. The van der Waals surface area contributed by atoms with Crippen LogP contribution in [0.25, 0.3) is 0 Å². The fourth-order valence-electron chi connectivity index (χ4n) is 2.69. The minimum atomic E-state index is 0.355. The van der Waals surface area contributed by atoms with Crippen molar-refractivity contribution in [3.8, 4) is 0 Å². The van der Waals surface area contributed by atoms with Crippen molar-refractivity contribution < 1.29 is 0 Å². The first-order valence-electron chi connectivity index (χ1n) is 7.35. The van der Waals surface area contributed by atoms with Gasteiger partial charge in [-0.3, -0.25) is 0 Å². The van der Waals surface area contributed by atoms with E-state index in [-0.39, 0.29) is 0 Å². The Hall–Kier alpha value is -0.730. The molecule has 0 aliphatic heterocycles. The Kier molecular flexibility index (Phi) is 5.12. The zero-order valence-electron chi connectivity index (χ0n) is 12.2. The van der Waals surface area contributed by atoms with Crippen LogP contribution in [0.5, 0.6) is 0 Å². The number of halogens is 1. The molecule has 1 aromatic rings. The first-order chi connectivity index (χ1) is 9.11. The lowest BCUT2D eigenvalue weighted by atomic mass is 9.85. The van der Waals surface area contributed by atoms with E-state index in [1.807, 2.05) is 0 Å². The smallest absolute Gasteiger partial charge is 0.0642 e. The number of hydrogen-bond donors (Lipinski definition) is 1. The number of nitrogens with one attached hydrogen (secondary N) is 1. The quantitative estimate of drug-likeness (QED) is 0.838. The predicted molar refractivity (Wildman–Crippen MR) is 84.2 cm³/mol. The Labute approximate surface area is 122 Å². The second-order valence-electron chi connectivity index (χ2n) is 5.67. The van der Waals surface area contributed by atoms with Gasteiger partial charge in [-0.2, -0.15) is 0 Å². The van der Waals surface area contributed by atoms with Gasteiger partial charge < -0.3 is 10.2 Å². The molecule has 0 amide bonds. The Morgan fingerprint density at radius 3 is 2.68 bits per heavy atom. The lowest BCUT2D eigenvalue weighted by Gasteiger charge is -2.32. The molecule has 106 valence electrons. The molecule has 1 N–H and O–H groups in total. The van der Waals surface area contributed by atoms with Crippen molar-refractivity contribution in [1.29, 1.82) is 0 Å². The van der Waals surface area contributed by atoms with Crippen LogP contribution >= 0.6 is 11.6 Å². The molecule has 1 aromatic carbocycles. The van der Waals surface area contributed by atoms with E-state index in [2.05, 4.69) is 49.3 Å².